The maximum absolute atomic E-state index is 12.5. The van der Waals surface area contributed by atoms with Crippen LogP contribution in [0.1, 0.15) is 19.9 Å². The zero-order chi connectivity index (χ0) is 21.3. The zero-order valence-electron chi connectivity index (χ0n) is 16.0. The first-order chi connectivity index (χ1) is 13.6. The van der Waals surface area contributed by atoms with E-state index in [4.69, 9.17) is 11.6 Å². The molecule has 3 rings (SSSR count). The topological polar surface area (TPSA) is 88.5 Å². The molecule has 10 heteroatoms. The summed E-state index contributed by atoms with van der Waals surface area (Å²) in [4.78, 5) is 24.6. The molecule has 0 spiro atoms. The van der Waals surface area contributed by atoms with Gasteiger partial charge in [-0.15, -0.1) is 0 Å². The third-order valence-electron chi connectivity index (χ3n) is 4.22. The van der Waals surface area contributed by atoms with E-state index in [1.807, 2.05) is 13.8 Å². The lowest BCUT2D eigenvalue weighted by Gasteiger charge is -2.22. The first-order valence-electron chi connectivity index (χ1n) is 8.75. The van der Waals surface area contributed by atoms with Gasteiger partial charge in [-0.25, -0.2) is 8.42 Å². The van der Waals surface area contributed by atoms with Crippen molar-refractivity contribution >= 4 is 60.5 Å². The number of benzene rings is 2. The second-order valence-electron chi connectivity index (χ2n) is 6.78. The van der Waals surface area contributed by atoms with Crippen LogP contribution in [0.3, 0.4) is 0 Å². The van der Waals surface area contributed by atoms with Crippen LogP contribution in [-0.4, -0.2) is 31.7 Å². The lowest BCUT2D eigenvalue weighted by molar-refractivity contribution is -0.114. The minimum absolute atomic E-state index is 0.0237. The molecular weight excluding hydrogens is 434 g/mol. The summed E-state index contributed by atoms with van der Waals surface area (Å²) in [5.74, 6) is -0.523. The molecule has 0 aliphatic carbocycles. The highest BCUT2D eigenvalue weighted by molar-refractivity contribution is 7.92. The Balaban J connectivity index is 1.85. The van der Waals surface area contributed by atoms with E-state index in [0.717, 1.165) is 32.1 Å². The molecule has 0 bridgehead atoms. The summed E-state index contributed by atoms with van der Waals surface area (Å²) in [6.07, 6.45) is 1.02. The minimum Gasteiger partial charge on any atom is -0.324 e. The summed E-state index contributed by atoms with van der Waals surface area (Å²) >= 11 is 7.21. The number of hydrogen-bond acceptors (Lipinski definition) is 5. The van der Waals surface area contributed by atoms with Gasteiger partial charge in [-0.05, 0) is 44.2 Å². The van der Waals surface area contributed by atoms with Crippen LogP contribution >= 0.6 is 22.9 Å². The molecule has 0 fully saturated rings. The monoisotopic (exact) mass is 453 g/mol. The van der Waals surface area contributed by atoms with Crippen molar-refractivity contribution in [1.82, 2.24) is 4.57 Å². The lowest BCUT2D eigenvalue weighted by atomic mass is 10.2. The third kappa shape index (κ3) is 4.63. The van der Waals surface area contributed by atoms with Gasteiger partial charge in [0.2, 0.25) is 15.9 Å². The number of sulfonamides is 1. The Morgan fingerprint density at radius 1 is 1.24 bits per heavy atom. The van der Waals surface area contributed by atoms with Crippen LogP contribution in [0.15, 0.2) is 47.3 Å². The molecular formula is C19H20ClN3O4S2. The Morgan fingerprint density at radius 3 is 2.55 bits per heavy atom. The Bertz CT molecular complexity index is 1230. The van der Waals surface area contributed by atoms with E-state index in [9.17, 15) is 18.0 Å². The van der Waals surface area contributed by atoms with Crippen molar-refractivity contribution < 1.29 is 13.2 Å². The van der Waals surface area contributed by atoms with Crippen molar-refractivity contribution in [3.05, 3.63) is 57.2 Å². The molecule has 0 atom stereocenters. The molecule has 1 N–H and O–H groups in total. The fraction of sp³-hybridized carbons (Fsp3) is 0.263. The summed E-state index contributed by atoms with van der Waals surface area (Å²) in [6.45, 7) is 3.43. The number of hydrogen-bond donors (Lipinski definition) is 1. The highest BCUT2D eigenvalue weighted by Gasteiger charge is 2.23. The number of anilines is 2. The van der Waals surface area contributed by atoms with Gasteiger partial charge in [0.05, 0.1) is 27.2 Å². The van der Waals surface area contributed by atoms with Gasteiger partial charge in [-0.3, -0.25) is 18.5 Å². The number of fused-ring (bicyclic) bond motifs is 1. The van der Waals surface area contributed by atoms with E-state index in [2.05, 4.69) is 5.32 Å². The second kappa shape index (κ2) is 8.17. The molecule has 0 saturated heterocycles. The van der Waals surface area contributed by atoms with Gasteiger partial charge >= 0.3 is 4.87 Å². The van der Waals surface area contributed by atoms with E-state index in [-0.39, 0.29) is 21.6 Å². The van der Waals surface area contributed by atoms with Gasteiger partial charge in [0, 0.05) is 11.7 Å². The van der Waals surface area contributed by atoms with Crippen molar-refractivity contribution in [3.63, 3.8) is 0 Å². The molecule has 1 aromatic heterocycles. The quantitative estimate of drug-likeness (QED) is 0.616. The van der Waals surface area contributed by atoms with Crippen LogP contribution in [-0.2, 0) is 14.8 Å². The number of nitrogens with one attached hydrogen (secondary N) is 1. The Kier molecular flexibility index (Phi) is 6.02. The Hall–Kier alpha value is -2.36. The van der Waals surface area contributed by atoms with E-state index in [1.165, 1.54) is 6.07 Å². The van der Waals surface area contributed by atoms with Crippen LogP contribution in [0.2, 0.25) is 5.02 Å². The molecule has 29 heavy (non-hydrogen) atoms. The van der Waals surface area contributed by atoms with Gasteiger partial charge < -0.3 is 5.32 Å². The van der Waals surface area contributed by atoms with E-state index in [1.54, 1.807) is 41.0 Å². The highest BCUT2D eigenvalue weighted by atomic mass is 35.5. The summed E-state index contributed by atoms with van der Waals surface area (Å²) < 4.78 is 27.8. The molecule has 3 aromatic rings. The Labute approximate surface area is 177 Å². The minimum atomic E-state index is -3.73. The lowest BCUT2D eigenvalue weighted by Crippen LogP contribution is -2.37. The molecule has 0 unspecified atom stereocenters. The van der Waals surface area contributed by atoms with Crippen molar-refractivity contribution in [3.8, 4) is 0 Å². The van der Waals surface area contributed by atoms with E-state index >= 15 is 0 Å². The maximum Gasteiger partial charge on any atom is 0.308 e. The van der Waals surface area contributed by atoms with Gasteiger partial charge in [-0.2, -0.15) is 0 Å². The largest absolute Gasteiger partial charge is 0.324 e. The molecule has 154 valence electrons. The van der Waals surface area contributed by atoms with Crippen molar-refractivity contribution in [2.75, 3.05) is 22.4 Å². The third-order valence-corrected chi connectivity index (χ3v) is 6.59. The number of amides is 1. The summed E-state index contributed by atoms with van der Waals surface area (Å²) in [5, 5.41) is 2.92. The predicted molar refractivity (Wildman–Crippen MR) is 119 cm³/mol. The zero-order valence-corrected chi connectivity index (χ0v) is 18.4. The average Bonchev–Trinajstić information content (AvgIpc) is 2.94. The summed E-state index contributed by atoms with van der Waals surface area (Å²) in [5.41, 5.74) is 1.50. The molecule has 0 saturated carbocycles. The van der Waals surface area contributed by atoms with Gasteiger partial charge in [0.15, 0.2) is 0 Å². The number of carbonyl (C=O) groups excluding carboxylic acids is 1. The predicted octanol–water partition coefficient (Wildman–Crippen LogP) is 3.70. The number of rotatable bonds is 6. The van der Waals surface area contributed by atoms with Crippen LogP contribution in [0.5, 0.6) is 0 Å². The first kappa shape index (κ1) is 21.4. The van der Waals surface area contributed by atoms with Gasteiger partial charge in [0.1, 0.15) is 6.54 Å². The molecule has 0 radical (unpaired) electrons. The molecule has 0 aliphatic heterocycles. The van der Waals surface area contributed by atoms with Crippen molar-refractivity contribution in [1.29, 1.82) is 0 Å². The summed E-state index contributed by atoms with van der Waals surface area (Å²) in [7, 11) is -3.73. The fourth-order valence-corrected chi connectivity index (χ4v) is 5.18. The standard InChI is InChI=1S/C19H20ClN3O4S2/c1-12(2)23-16-9-8-13(10-17(16)28-19(23)25)21-18(24)11-22(29(3,26)27)15-7-5-4-6-14(15)20/h4-10,12H,11H2,1-3H3,(H,21,24). The number of aromatic nitrogens is 1. The number of carbonyl (C=O) groups is 1. The SMILES string of the molecule is CC(C)n1c(=O)sc2cc(NC(=O)CN(c3ccccc3Cl)S(C)(=O)=O)ccc21. The Morgan fingerprint density at radius 2 is 1.93 bits per heavy atom. The van der Waals surface area contributed by atoms with Crippen LogP contribution in [0, 0.1) is 0 Å². The van der Waals surface area contributed by atoms with Crippen molar-refractivity contribution in [2.45, 2.75) is 19.9 Å². The van der Waals surface area contributed by atoms with Crippen LogP contribution in [0.4, 0.5) is 11.4 Å². The van der Waals surface area contributed by atoms with Gasteiger partial charge in [-0.1, -0.05) is 35.1 Å². The number of para-hydroxylation sites is 1. The number of thiazole rings is 1. The number of nitrogens with zero attached hydrogens (tertiary/aromatic N) is 2. The van der Waals surface area contributed by atoms with Crippen molar-refractivity contribution in [2.24, 2.45) is 0 Å². The molecule has 0 aliphatic rings. The van der Waals surface area contributed by atoms with Gasteiger partial charge in [0.25, 0.3) is 0 Å². The molecule has 2 aromatic carbocycles. The first-order valence-corrected chi connectivity index (χ1v) is 11.8. The van der Waals surface area contributed by atoms with Crippen LogP contribution < -0.4 is 14.5 Å². The van der Waals surface area contributed by atoms with E-state index < -0.39 is 22.5 Å². The second-order valence-corrected chi connectivity index (χ2v) is 10.1. The van der Waals surface area contributed by atoms with Crippen LogP contribution in [0.25, 0.3) is 10.2 Å². The molecule has 7 nitrogen and oxygen atoms in total. The highest BCUT2D eigenvalue weighted by Crippen LogP contribution is 2.27. The average molecular weight is 454 g/mol. The normalized spacial score (nSPS) is 11.8. The number of halogens is 1. The summed E-state index contributed by atoms with van der Waals surface area (Å²) in [6, 6.07) is 11.6. The smallest absolute Gasteiger partial charge is 0.308 e. The van der Waals surface area contributed by atoms with E-state index in [0.29, 0.717) is 5.69 Å². The maximum atomic E-state index is 12.5. The fourth-order valence-electron chi connectivity index (χ4n) is 2.97. The molecule has 1 amide bonds. The molecule has 1 heterocycles.